The number of hydrogen-bond acceptors (Lipinski definition) is 3. The number of anilines is 1. The molecule has 1 aliphatic rings. The van der Waals surface area contributed by atoms with Gasteiger partial charge in [0.15, 0.2) is 11.6 Å². The van der Waals surface area contributed by atoms with E-state index >= 15 is 0 Å². The van der Waals surface area contributed by atoms with E-state index in [9.17, 15) is 4.39 Å². The lowest BCUT2D eigenvalue weighted by atomic mass is 9.82. The van der Waals surface area contributed by atoms with Crippen molar-refractivity contribution in [3.63, 3.8) is 0 Å². The molecule has 2 atom stereocenters. The molecule has 1 heterocycles. The Bertz CT molecular complexity index is 434. The molecule has 106 valence electrons. The summed E-state index contributed by atoms with van der Waals surface area (Å²) >= 11 is 0. The second kappa shape index (κ2) is 6.31. The maximum atomic E-state index is 14.0. The van der Waals surface area contributed by atoms with Crippen LogP contribution in [0.5, 0.6) is 0 Å². The van der Waals surface area contributed by atoms with Crippen molar-refractivity contribution < 1.29 is 4.39 Å². The first kappa shape index (κ1) is 14.2. The van der Waals surface area contributed by atoms with Crippen molar-refractivity contribution in [2.75, 3.05) is 11.9 Å². The average molecular weight is 265 g/mol. The van der Waals surface area contributed by atoms with Crippen LogP contribution in [0.2, 0.25) is 0 Å². The van der Waals surface area contributed by atoms with Crippen molar-refractivity contribution >= 4 is 5.82 Å². The van der Waals surface area contributed by atoms with Gasteiger partial charge in [-0.2, -0.15) is 0 Å². The fraction of sp³-hybridized carbons (Fsp3) is 0.733. The highest BCUT2D eigenvalue weighted by atomic mass is 19.1. The van der Waals surface area contributed by atoms with E-state index in [2.05, 4.69) is 29.1 Å². The molecule has 1 saturated carbocycles. The van der Waals surface area contributed by atoms with Gasteiger partial charge in [-0.1, -0.05) is 26.7 Å². The van der Waals surface area contributed by atoms with E-state index in [1.54, 1.807) is 6.92 Å². The zero-order chi connectivity index (χ0) is 13.8. The molecule has 4 heteroatoms. The second-order valence-electron chi connectivity index (χ2n) is 5.73. The number of aromatic nitrogens is 2. The normalized spacial score (nSPS) is 23.4. The Morgan fingerprint density at radius 2 is 2.11 bits per heavy atom. The number of hydrogen-bond donors (Lipinski definition) is 1. The molecule has 2 rings (SSSR count). The van der Waals surface area contributed by atoms with E-state index in [4.69, 9.17) is 0 Å². The van der Waals surface area contributed by atoms with E-state index in [1.165, 1.54) is 12.8 Å². The van der Waals surface area contributed by atoms with Gasteiger partial charge in [0.05, 0.1) is 5.69 Å². The Morgan fingerprint density at radius 3 is 2.79 bits per heavy atom. The standard InChI is InChI=1S/C15H24FN3/c1-4-8-17-15-13(16)11(3)18-14(19-15)12-7-5-6-10(2)9-12/h10,12H,4-9H2,1-3H3,(H,17,18,19). The van der Waals surface area contributed by atoms with Crippen LogP contribution in [-0.2, 0) is 0 Å². The summed E-state index contributed by atoms with van der Waals surface area (Å²) in [6.45, 7) is 6.80. The van der Waals surface area contributed by atoms with Gasteiger partial charge in [-0.15, -0.1) is 0 Å². The number of rotatable bonds is 4. The largest absolute Gasteiger partial charge is 0.368 e. The first-order valence-electron chi connectivity index (χ1n) is 7.39. The molecule has 0 spiro atoms. The molecule has 0 radical (unpaired) electrons. The summed E-state index contributed by atoms with van der Waals surface area (Å²) in [6.07, 6.45) is 5.72. The topological polar surface area (TPSA) is 37.8 Å². The van der Waals surface area contributed by atoms with Crippen molar-refractivity contribution in [2.45, 2.75) is 58.8 Å². The van der Waals surface area contributed by atoms with Crippen LogP contribution in [0.25, 0.3) is 0 Å². The Labute approximate surface area is 115 Å². The zero-order valence-corrected chi connectivity index (χ0v) is 12.2. The van der Waals surface area contributed by atoms with E-state index in [0.29, 0.717) is 17.4 Å². The highest BCUT2D eigenvalue weighted by molar-refractivity contribution is 5.38. The molecule has 0 saturated heterocycles. The monoisotopic (exact) mass is 265 g/mol. The summed E-state index contributed by atoms with van der Waals surface area (Å²) in [4.78, 5) is 8.80. The van der Waals surface area contributed by atoms with E-state index in [0.717, 1.165) is 37.5 Å². The molecule has 2 unspecified atom stereocenters. The number of halogens is 1. The van der Waals surface area contributed by atoms with E-state index in [-0.39, 0.29) is 5.82 Å². The molecule has 0 aromatic carbocycles. The Balaban J connectivity index is 2.22. The summed E-state index contributed by atoms with van der Waals surface area (Å²) in [5.74, 6) is 2.01. The molecular formula is C15H24FN3. The minimum absolute atomic E-state index is 0.305. The lowest BCUT2D eigenvalue weighted by molar-refractivity contribution is 0.334. The SMILES string of the molecule is CCCNc1nc(C2CCCC(C)C2)nc(C)c1F. The quantitative estimate of drug-likeness (QED) is 0.892. The smallest absolute Gasteiger partial charge is 0.186 e. The van der Waals surface area contributed by atoms with Gasteiger partial charge in [0.2, 0.25) is 0 Å². The summed E-state index contributed by atoms with van der Waals surface area (Å²) in [6, 6.07) is 0. The second-order valence-corrected chi connectivity index (χ2v) is 5.73. The van der Waals surface area contributed by atoms with Gasteiger partial charge in [-0.05, 0) is 32.1 Å². The van der Waals surface area contributed by atoms with Gasteiger partial charge in [0.25, 0.3) is 0 Å². The van der Waals surface area contributed by atoms with Crippen molar-refractivity contribution in [3.8, 4) is 0 Å². The fourth-order valence-corrected chi connectivity index (χ4v) is 2.79. The summed E-state index contributed by atoms with van der Waals surface area (Å²) in [5, 5.41) is 3.07. The molecule has 0 bridgehead atoms. The molecule has 19 heavy (non-hydrogen) atoms. The highest BCUT2D eigenvalue weighted by Gasteiger charge is 2.24. The Morgan fingerprint density at radius 1 is 1.32 bits per heavy atom. The first-order valence-corrected chi connectivity index (χ1v) is 7.39. The van der Waals surface area contributed by atoms with Crippen molar-refractivity contribution in [3.05, 3.63) is 17.3 Å². The highest BCUT2D eigenvalue weighted by Crippen LogP contribution is 2.35. The van der Waals surface area contributed by atoms with Crippen LogP contribution in [0, 0.1) is 18.7 Å². The van der Waals surface area contributed by atoms with Crippen molar-refractivity contribution in [1.82, 2.24) is 9.97 Å². The molecule has 0 amide bonds. The summed E-state index contributed by atoms with van der Waals surface area (Å²) in [5.41, 5.74) is 0.460. The molecule has 1 N–H and O–H groups in total. The lowest BCUT2D eigenvalue weighted by Gasteiger charge is -2.26. The number of nitrogens with one attached hydrogen (secondary N) is 1. The number of nitrogens with zero attached hydrogens (tertiary/aromatic N) is 2. The van der Waals surface area contributed by atoms with Crippen LogP contribution >= 0.6 is 0 Å². The van der Waals surface area contributed by atoms with Crippen LogP contribution in [0.4, 0.5) is 10.2 Å². The summed E-state index contributed by atoms with van der Waals surface area (Å²) < 4.78 is 14.0. The average Bonchev–Trinajstić information content (AvgIpc) is 2.40. The fourth-order valence-electron chi connectivity index (χ4n) is 2.79. The molecule has 1 fully saturated rings. The van der Waals surface area contributed by atoms with E-state index < -0.39 is 0 Å². The predicted octanol–water partition coefficient (Wildman–Crippen LogP) is 4.04. The molecule has 0 aliphatic heterocycles. The first-order chi connectivity index (χ1) is 9.11. The third kappa shape index (κ3) is 3.43. The van der Waals surface area contributed by atoms with Gasteiger partial charge in [-0.25, -0.2) is 14.4 Å². The molecule has 1 aliphatic carbocycles. The van der Waals surface area contributed by atoms with Gasteiger partial charge in [-0.3, -0.25) is 0 Å². The van der Waals surface area contributed by atoms with E-state index in [1.807, 2.05) is 0 Å². The summed E-state index contributed by atoms with van der Waals surface area (Å²) in [7, 11) is 0. The van der Waals surface area contributed by atoms with Gasteiger partial charge < -0.3 is 5.32 Å². The maximum absolute atomic E-state index is 14.0. The van der Waals surface area contributed by atoms with Crippen molar-refractivity contribution in [1.29, 1.82) is 0 Å². The van der Waals surface area contributed by atoms with Gasteiger partial charge in [0, 0.05) is 12.5 Å². The number of aryl methyl sites for hydroxylation is 1. The minimum atomic E-state index is -0.305. The van der Waals surface area contributed by atoms with Crippen LogP contribution in [0.3, 0.4) is 0 Å². The van der Waals surface area contributed by atoms with Crippen LogP contribution in [0.1, 0.15) is 63.4 Å². The van der Waals surface area contributed by atoms with Crippen LogP contribution in [-0.4, -0.2) is 16.5 Å². The Hall–Kier alpha value is -1.19. The molecule has 3 nitrogen and oxygen atoms in total. The third-order valence-electron chi connectivity index (χ3n) is 3.88. The third-order valence-corrected chi connectivity index (χ3v) is 3.88. The zero-order valence-electron chi connectivity index (χ0n) is 12.2. The lowest BCUT2D eigenvalue weighted by Crippen LogP contribution is -2.17. The van der Waals surface area contributed by atoms with Crippen LogP contribution < -0.4 is 5.32 Å². The molecule has 1 aromatic heterocycles. The molecular weight excluding hydrogens is 241 g/mol. The van der Waals surface area contributed by atoms with Crippen LogP contribution in [0.15, 0.2) is 0 Å². The minimum Gasteiger partial charge on any atom is -0.368 e. The maximum Gasteiger partial charge on any atom is 0.186 e. The predicted molar refractivity (Wildman–Crippen MR) is 75.9 cm³/mol. The Kier molecular flexibility index (Phi) is 4.72. The van der Waals surface area contributed by atoms with Gasteiger partial charge in [0.1, 0.15) is 5.82 Å². The molecule has 1 aromatic rings. The van der Waals surface area contributed by atoms with Gasteiger partial charge >= 0.3 is 0 Å². The van der Waals surface area contributed by atoms with Crippen molar-refractivity contribution in [2.24, 2.45) is 5.92 Å².